The van der Waals surface area contributed by atoms with Gasteiger partial charge in [-0.3, -0.25) is 20.3 Å². The summed E-state index contributed by atoms with van der Waals surface area (Å²) in [6, 6.07) is 9.62. The van der Waals surface area contributed by atoms with Gasteiger partial charge in [-0.2, -0.15) is 5.10 Å². The Kier molecular flexibility index (Phi) is 5.18. The molecule has 9 nitrogen and oxygen atoms in total. The van der Waals surface area contributed by atoms with Crippen LogP contribution in [0.3, 0.4) is 0 Å². The maximum atomic E-state index is 10.6. The van der Waals surface area contributed by atoms with Crippen LogP contribution in [0.15, 0.2) is 47.7 Å². The van der Waals surface area contributed by atoms with Crippen molar-refractivity contribution in [1.29, 1.82) is 0 Å². The van der Waals surface area contributed by atoms with Crippen LogP contribution in [0, 0.1) is 10.1 Å². The fraction of sp³-hybridized carbons (Fsp3) is 0.0714. The molecule has 1 aromatic carbocycles. The maximum Gasteiger partial charge on any atom is 0.287 e. The Morgan fingerprint density at radius 3 is 2.65 bits per heavy atom. The summed E-state index contributed by atoms with van der Waals surface area (Å²) in [5.74, 6) is 0.356. The zero-order valence-electron chi connectivity index (χ0n) is 11.9. The summed E-state index contributed by atoms with van der Waals surface area (Å²) in [4.78, 5) is 24.4. The number of hydrogen-bond donors (Lipinski definition) is 2. The van der Waals surface area contributed by atoms with Crippen molar-refractivity contribution in [2.24, 2.45) is 10.8 Å². The molecule has 0 saturated carbocycles. The second-order valence-corrected chi connectivity index (χ2v) is 4.35. The number of carbonyl (C=O) groups excluding carboxylic acids is 1. The SMILES string of the molecule is NC(=O)COc1ccc(/C=N\Nc2ccc([N+](=O)[O-])cn2)cc1. The number of anilines is 1. The first-order valence-electron chi connectivity index (χ1n) is 6.45. The van der Waals surface area contributed by atoms with Crippen LogP contribution in [0.5, 0.6) is 5.75 Å². The molecule has 0 saturated heterocycles. The first kappa shape index (κ1) is 15.9. The third-order valence-corrected chi connectivity index (χ3v) is 2.61. The lowest BCUT2D eigenvalue weighted by Crippen LogP contribution is -2.19. The average Bonchev–Trinajstić information content (AvgIpc) is 2.54. The first-order valence-corrected chi connectivity index (χ1v) is 6.45. The molecule has 0 aliphatic heterocycles. The summed E-state index contributed by atoms with van der Waals surface area (Å²) < 4.78 is 5.13. The number of aromatic nitrogens is 1. The highest BCUT2D eigenvalue weighted by molar-refractivity contribution is 5.80. The number of nitrogens with zero attached hydrogens (tertiary/aromatic N) is 3. The number of amides is 1. The predicted octanol–water partition coefficient (Wildman–Crippen LogP) is 1.30. The number of rotatable bonds is 7. The van der Waals surface area contributed by atoms with Crippen molar-refractivity contribution in [2.75, 3.05) is 12.0 Å². The topological polar surface area (TPSA) is 133 Å². The Bertz CT molecular complexity index is 713. The number of primary amides is 1. The lowest BCUT2D eigenvalue weighted by Gasteiger charge is -2.03. The van der Waals surface area contributed by atoms with E-state index in [-0.39, 0.29) is 12.3 Å². The Morgan fingerprint density at radius 2 is 2.09 bits per heavy atom. The Labute approximate surface area is 130 Å². The van der Waals surface area contributed by atoms with E-state index < -0.39 is 10.8 Å². The molecule has 0 fully saturated rings. The van der Waals surface area contributed by atoms with Gasteiger partial charge < -0.3 is 10.5 Å². The van der Waals surface area contributed by atoms with Crippen LogP contribution in [0.1, 0.15) is 5.56 Å². The molecule has 118 valence electrons. The van der Waals surface area contributed by atoms with Crippen molar-refractivity contribution >= 4 is 23.6 Å². The lowest BCUT2D eigenvalue weighted by atomic mass is 10.2. The molecule has 1 aromatic heterocycles. The van der Waals surface area contributed by atoms with Crippen LogP contribution in [-0.2, 0) is 4.79 Å². The second kappa shape index (κ2) is 7.50. The molecule has 3 N–H and O–H groups in total. The summed E-state index contributed by atoms with van der Waals surface area (Å²) in [6.07, 6.45) is 2.68. The molecule has 1 heterocycles. The third-order valence-electron chi connectivity index (χ3n) is 2.61. The fourth-order valence-corrected chi connectivity index (χ4v) is 1.54. The van der Waals surface area contributed by atoms with E-state index in [2.05, 4.69) is 15.5 Å². The van der Waals surface area contributed by atoms with Crippen LogP contribution in [0.25, 0.3) is 0 Å². The number of hydrazone groups is 1. The molecule has 23 heavy (non-hydrogen) atoms. The largest absolute Gasteiger partial charge is 0.484 e. The third kappa shape index (κ3) is 5.08. The molecule has 1 amide bonds. The molecule has 0 unspecified atom stereocenters. The van der Waals surface area contributed by atoms with Gasteiger partial charge in [0, 0.05) is 6.07 Å². The summed E-state index contributed by atoms with van der Waals surface area (Å²) in [5, 5.41) is 14.5. The number of nitrogens with one attached hydrogen (secondary N) is 1. The predicted molar refractivity (Wildman–Crippen MR) is 83.2 cm³/mol. The fourth-order valence-electron chi connectivity index (χ4n) is 1.54. The zero-order chi connectivity index (χ0) is 16.7. The molecule has 0 aliphatic carbocycles. The molecule has 2 aromatic rings. The quantitative estimate of drug-likeness (QED) is 0.449. The van der Waals surface area contributed by atoms with Crippen molar-refractivity contribution in [3.63, 3.8) is 0 Å². The molecular formula is C14H13N5O4. The van der Waals surface area contributed by atoms with Crippen molar-refractivity contribution in [3.05, 3.63) is 58.3 Å². The van der Waals surface area contributed by atoms with E-state index in [1.54, 1.807) is 30.5 Å². The van der Waals surface area contributed by atoms with Crippen molar-refractivity contribution in [2.45, 2.75) is 0 Å². The van der Waals surface area contributed by atoms with Gasteiger partial charge in [0.25, 0.3) is 11.6 Å². The lowest BCUT2D eigenvalue weighted by molar-refractivity contribution is -0.385. The van der Waals surface area contributed by atoms with Gasteiger partial charge in [-0.15, -0.1) is 0 Å². The van der Waals surface area contributed by atoms with E-state index in [9.17, 15) is 14.9 Å². The van der Waals surface area contributed by atoms with E-state index in [0.29, 0.717) is 11.6 Å². The van der Waals surface area contributed by atoms with E-state index in [1.165, 1.54) is 12.1 Å². The number of carbonyl (C=O) groups is 1. The van der Waals surface area contributed by atoms with Crippen LogP contribution < -0.4 is 15.9 Å². The smallest absolute Gasteiger partial charge is 0.287 e. The van der Waals surface area contributed by atoms with Crippen molar-refractivity contribution in [1.82, 2.24) is 4.98 Å². The van der Waals surface area contributed by atoms with E-state index in [4.69, 9.17) is 10.5 Å². The van der Waals surface area contributed by atoms with Gasteiger partial charge in [0.2, 0.25) is 0 Å². The zero-order valence-corrected chi connectivity index (χ0v) is 11.9. The van der Waals surface area contributed by atoms with E-state index in [1.807, 2.05) is 0 Å². The van der Waals surface area contributed by atoms with Crippen molar-refractivity contribution in [3.8, 4) is 5.75 Å². The van der Waals surface area contributed by atoms with Crippen molar-refractivity contribution < 1.29 is 14.5 Å². The molecule has 9 heteroatoms. The van der Waals surface area contributed by atoms with Gasteiger partial charge in [-0.05, 0) is 35.9 Å². The molecular weight excluding hydrogens is 302 g/mol. The summed E-state index contributed by atoms with van der Waals surface area (Å²) in [7, 11) is 0. The van der Waals surface area contributed by atoms with Crippen LogP contribution in [0.2, 0.25) is 0 Å². The van der Waals surface area contributed by atoms with Crippen LogP contribution in [0.4, 0.5) is 11.5 Å². The highest BCUT2D eigenvalue weighted by atomic mass is 16.6. The summed E-state index contributed by atoms with van der Waals surface area (Å²) in [5.41, 5.74) is 8.33. The normalized spacial score (nSPS) is 10.4. The highest BCUT2D eigenvalue weighted by Crippen LogP contribution is 2.12. The molecule has 0 atom stereocenters. The molecule has 0 spiro atoms. The molecule has 0 radical (unpaired) electrons. The molecule has 0 bridgehead atoms. The first-order chi connectivity index (χ1) is 11.0. The minimum Gasteiger partial charge on any atom is -0.484 e. The Hall–Kier alpha value is -3.49. The average molecular weight is 315 g/mol. The van der Waals surface area contributed by atoms with Gasteiger partial charge in [0.05, 0.1) is 11.1 Å². The second-order valence-electron chi connectivity index (χ2n) is 4.35. The summed E-state index contributed by atoms with van der Waals surface area (Å²) >= 11 is 0. The number of pyridine rings is 1. The number of nitro groups is 1. The van der Waals surface area contributed by atoms with E-state index in [0.717, 1.165) is 11.8 Å². The molecule has 2 rings (SSSR count). The standard InChI is InChI=1S/C14H13N5O4/c15-13(20)9-23-12-4-1-10(2-5-12)7-17-18-14-6-3-11(8-16-14)19(21)22/h1-8H,9H2,(H2,15,20)(H,16,18)/b17-7-. The number of nitrogens with two attached hydrogens (primary N) is 1. The molecule has 0 aliphatic rings. The number of hydrogen-bond acceptors (Lipinski definition) is 7. The number of ether oxygens (including phenoxy) is 1. The Morgan fingerprint density at radius 1 is 1.35 bits per heavy atom. The van der Waals surface area contributed by atoms with Gasteiger partial charge in [0.15, 0.2) is 6.61 Å². The van der Waals surface area contributed by atoms with Gasteiger partial charge in [-0.1, -0.05) is 0 Å². The van der Waals surface area contributed by atoms with Gasteiger partial charge in [-0.25, -0.2) is 4.98 Å². The number of benzene rings is 1. The van der Waals surface area contributed by atoms with Crippen LogP contribution >= 0.6 is 0 Å². The van der Waals surface area contributed by atoms with Gasteiger partial charge >= 0.3 is 0 Å². The van der Waals surface area contributed by atoms with Crippen LogP contribution in [-0.4, -0.2) is 28.6 Å². The maximum absolute atomic E-state index is 10.6. The minimum atomic E-state index is -0.546. The monoisotopic (exact) mass is 315 g/mol. The van der Waals surface area contributed by atoms with Gasteiger partial charge in [0.1, 0.15) is 17.8 Å². The minimum absolute atomic E-state index is 0.0916. The summed E-state index contributed by atoms with van der Waals surface area (Å²) in [6.45, 7) is -0.180. The highest BCUT2D eigenvalue weighted by Gasteiger charge is 2.04. The Balaban J connectivity index is 1.90. The van der Waals surface area contributed by atoms with E-state index >= 15 is 0 Å².